The predicted molar refractivity (Wildman–Crippen MR) is 163 cm³/mol. The number of amides is 1. The summed E-state index contributed by atoms with van der Waals surface area (Å²) in [6.45, 7) is 17.0. The largest absolute Gasteiger partial charge is 0.371 e. The molecule has 0 saturated carbocycles. The molecular weight excluding hydrogens is 534 g/mol. The van der Waals surface area contributed by atoms with E-state index in [0.29, 0.717) is 24.6 Å². The van der Waals surface area contributed by atoms with Gasteiger partial charge in [-0.3, -0.25) is 4.79 Å². The lowest BCUT2D eigenvalue weighted by atomic mass is 9.89. The lowest BCUT2D eigenvalue weighted by molar-refractivity contribution is -0.118. The highest BCUT2D eigenvalue weighted by Crippen LogP contribution is 2.32. The molecule has 0 aliphatic carbocycles. The highest BCUT2D eigenvalue weighted by Gasteiger charge is 2.25. The molecule has 0 bridgehead atoms. The van der Waals surface area contributed by atoms with Crippen molar-refractivity contribution in [3.8, 4) is 0 Å². The second-order valence-corrected chi connectivity index (χ2v) is 11.0. The fourth-order valence-corrected chi connectivity index (χ4v) is 5.53. The van der Waals surface area contributed by atoms with Crippen LogP contribution in [0.2, 0.25) is 0 Å². The number of halogens is 1. The van der Waals surface area contributed by atoms with Crippen LogP contribution in [0.5, 0.6) is 0 Å². The van der Waals surface area contributed by atoms with Gasteiger partial charge in [-0.05, 0) is 95.9 Å². The van der Waals surface area contributed by atoms with Gasteiger partial charge in [-0.2, -0.15) is 0 Å². The molecule has 2 aromatic rings. The maximum atomic E-state index is 13.5. The lowest BCUT2D eigenvalue weighted by Crippen LogP contribution is -2.34. The Morgan fingerprint density at radius 2 is 1.74 bits per heavy atom. The van der Waals surface area contributed by atoms with Gasteiger partial charge in [-0.1, -0.05) is 67.6 Å². The number of benzene rings is 2. The molecule has 198 valence electrons. The Kier molecular flexibility index (Phi) is 9.11. The number of piperidine rings is 1. The molecule has 2 aromatic carbocycles. The molecule has 1 saturated heterocycles. The number of hydrogen-bond acceptors (Lipinski definition) is 3. The topological polar surface area (TPSA) is 35.6 Å². The summed E-state index contributed by atoms with van der Waals surface area (Å²) in [4.78, 5) is 17.8. The molecule has 0 atom stereocenters. The second kappa shape index (κ2) is 12.5. The van der Waals surface area contributed by atoms with E-state index in [0.717, 1.165) is 40.0 Å². The van der Waals surface area contributed by atoms with Crippen LogP contribution in [0.4, 0.5) is 5.69 Å². The quantitative estimate of drug-likeness (QED) is 0.259. The van der Waals surface area contributed by atoms with E-state index in [1.54, 1.807) is 0 Å². The summed E-state index contributed by atoms with van der Waals surface area (Å²) >= 11 is 3.54. The maximum absolute atomic E-state index is 13.5. The number of hydrogen-bond donors (Lipinski definition) is 1. The Balaban J connectivity index is 1.39. The van der Waals surface area contributed by atoms with Crippen LogP contribution in [0, 0.1) is 6.92 Å². The third-order valence-electron chi connectivity index (χ3n) is 7.45. The minimum atomic E-state index is -0.139. The first-order chi connectivity index (χ1) is 18.3. The molecule has 1 fully saturated rings. The molecular formula is C33H38BrN3O. The van der Waals surface area contributed by atoms with Crippen molar-refractivity contribution in [2.24, 2.45) is 0 Å². The minimum absolute atomic E-state index is 0.139. The fraction of sp³-hybridized carbons (Fsp3) is 0.303. The molecule has 4 nitrogen and oxygen atoms in total. The van der Waals surface area contributed by atoms with E-state index < -0.39 is 0 Å². The molecule has 5 heteroatoms. The molecule has 4 rings (SSSR count). The molecule has 1 N–H and O–H groups in total. The van der Waals surface area contributed by atoms with Gasteiger partial charge in [0.2, 0.25) is 0 Å². The van der Waals surface area contributed by atoms with Gasteiger partial charge in [0.05, 0.1) is 5.70 Å². The van der Waals surface area contributed by atoms with Gasteiger partial charge in [0, 0.05) is 36.0 Å². The SMILES string of the molecule is C=C(C)/C(CC)=C(/C(=O)NCc1ccc(N2CCC(c3ccc(C)cc3)CC2)cc1)N1C=CC=C(Br)C1=C. The number of allylic oxidation sites excluding steroid dienone is 5. The van der Waals surface area contributed by atoms with Crippen molar-refractivity contribution in [1.82, 2.24) is 10.2 Å². The third kappa shape index (κ3) is 6.39. The average Bonchev–Trinajstić information content (AvgIpc) is 2.93. The van der Waals surface area contributed by atoms with Gasteiger partial charge >= 0.3 is 0 Å². The Morgan fingerprint density at radius 3 is 2.34 bits per heavy atom. The molecule has 38 heavy (non-hydrogen) atoms. The van der Waals surface area contributed by atoms with Gasteiger partial charge in [0.25, 0.3) is 5.91 Å². The third-order valence-corrected chi connectivity index (χ3v) is 8.18. The summed E-state index contributed by atoms with van der Waals surface area (Å²) in [5, 5.41) is 3.13. The van der Waals surface area contributed by atoms with Crippen LogP contribution >= 0.6 is 15.9 Å². The molecule has 2 heterocycles. The number of aryl methyl sites for hydroxylation is 1. The first-order valence-corrected chi connectivity index (χ1v) is 14.2. The summed E-state index contributed by atoms with van der Waals surface area (Å²) in [6, 6.07) is 17.6. The molecule has 0 radical (unpaired) electrons. The van der Waals surface area contributed by atoms with Crippen LogP contribution in [-0.4, -0.2) is 23.9 Å². The van der Waals surface area contributed by atoms with Crippen molar-refractivity contribution in [3.05, 3.63) is 124 Å². The Bertz CT molecular complexity index is 1280. The summed E-state index contributed by atoms with van der Waals surface area (Å²) < 4.78 is 0.848. The zero-order valence-electron chi connectivity index (χ0n) is 22.8. The molecule has 0 unspecified atom stereocenters. The van der Waals surface area contributed by atoms with Crippen molar-refractivity contribution in [1.29, 1.82) is 0 Å². The first-order valence-electron chi connectivity index (χ1n) is 13.4. The van der Waals surface area contributed by atoms with E-state index in [4.69, 9.17) is 0 Å². The van der Waals surface area contributed by atoms with Gasteiger partial charge in [0.1, 0.15) is 5.70 Å². The van der Waals surface area contributed by atoms with Crippen molar-refractivity contribution in [3.63, 3.8) is 0 Å². The van der Waals surface area contributed by atoms with E-state index in [-0.39, 0.29) is 5.91 Å². The van der Waals surface area contributed by atoms with Crippen LogP contribution in [0.15, 0.2) is 107 Å². The Morgan fingerprint density at radius 1 is 1.08 bits per heavy atom. The molecule has 2 aliphatic heterocycles. The highest BCUT2D eigenvalue weighted by atomic mass is 79.9. The lowest BCUT2D eigenvalue weighted by Gasteiger charge is -2.34. The van der Waals surface area contributed by atoms with Gasteiger partial charge in [-0.15, -0.1) is 0 Å². The van der Waals surface area contributed by atoms with E-state index in [1.165, 1.54) is 29.7 Å². The first kappa shape index (κ1) is 27.7. The molecule has 2 aliphatic rings. The number of carbonyl (C=O) groups is 1. The number of nitrogens with zero attached hydrogens (tertiary/aromatic N) is 2. The van der Waals surface area contributed by atoms with Gasteiger partial charge in [0.15, 0.2) is 0 Å². The minimum Gasteiger partial charge on any atom is -0.371 e. The monoisotopic (exact) mass is 571 g/mol. The zero-order valence-corrected chi connectivity index (χ0v) is 24.4. The van der Waals surface area contributed by atoms with Crippen molar-refractivity contribution in [2.45, 2.75) is 52.5 Å². The van der Waals surface area contributed by atoms with Crippen molar-refractivity contribution < 1.29 is 4.79 Å². The predicted octanol–water partition coefficient (Wildman–Crippen LogP) is 7.86. The number of rotatable bonds is 8. The van der Waals surface area contributed by atoms with Gasteiger partial charge < -0.3 is 15.1 Å². The summed E-state index contributed by atoms with van der Waals surface area (Å²) in [5.41, 5.74) is 8.16. The number of carbonyl (C=O) groups excluding carboxylic acids is 1. The summed E-state index contributed by atoms with van der Waals surface area (Å²) in [6.07, 6.45) is 8.73. The van der Waals surface area contributed by atoms with Crippen molar-refractivity contribution >= 4 is 27.5 Å². The fourth-order valence-electron chi connectivity index (χ4n) is 5.19. The standard InChI is InChI=1S/C33H38BrN3O/c1-6-30(23(2)3)32(37-19-7-8-31(34)25(37)5)33(38)35-22-26-11-15-29(16-12-26)36-20-17-28(18-21-36)27-13-9-24(4)10-14-27/h7-16,19,28H,2,5-6,17-18,20-22H2,1,3-4H3,(H,35,38)/b32-30-. The number of nitrogens with one attached hydrogen (secondary N) is 1. The van der Waals surface area contributed by atoms with E-state index in [2.05, 4.69) is 94.8 Å². The Labute approximate surface area is 236 Å². The van der Waals surface area contributed by atoms with Crippen LogP contribution in [0.1, 0.15) is 55.7 Å². The van der Waals surface area contributed by atoms with Crippen LogP contribution in [-0.2, 0) is 11.3 Å². The number of anilines is 1. The van der Waals surface area contributed by atoms with Crippen LogP contribution < -0.4 is 10.2 Å². The molecule has 1 amide bonds. The van der Waals surface area contributed by atoms with E-state index in [9.17, 15) is 4.79 Å². The molecule has 0 spiro atoms. The second-order valence-electron chi connectivity index (χ2n) is 10.2. The normalized spacial score (nSPS) is 16.7. The highest BCUT2D eigenvalue weighted by molar-refractivity contribution is 9.12. The summed E-state index contributed by atoms with van der Waals surface area (Å²) in [5.74, 6) is 0.498. The Hall–Kier alpha value is -3.31. The summed E-state index contributed by atoms with van der Waals surface area (Å²) in [7, 11) is 0. The van der Waals surface area contributed by atoms with Gasteiger partial charge in [-0.25, -0.2) is 0 Å². The molecule has 0 aromatic heterocycles. The zero-order chi connectivity index (χ0) is 27.2. The average molecular weight is 573 g/mol. The van der Waals surface area contributed by atoms with E-state index in [1.807, 2.05) is 37.1 Å². The van der Waals surface area contributed by atoms with E-state index >= 15 is 0 Å². The smallest absolute Gasteiger partial charge is 0.268 e. The van der Waals surface area contributed by atoms with Crippen LogP contribution in [0.3, 0.4) is 0 Å². The maximum Gasteiger partial charge on any atom is 0.268 e. The van der Waals surface area contributed by atoms with Crippen molar-refractivity contribution in [2.75, 3.05) is 18.0 Å². The van der Waals surface area contributed by atoms with Crippen LogP contribution in [0.25, 0.3) is 0 Å².